The molecule has 1 aromatic carbocycles. The summed E-state index contributed by atoms with van der Waals surface area (Å²) in [5, 5.41) is 0. The van der Waals surface area contributed by atoms with Crippen LogP contribution in [0.1, 0.15) is 24.8 Å². The molecule has 116 valence electrons. The number of likely N-dealkylation sites (tertiary alicyclic amines) is 1. The van der Waals surface area contributed by atoms with E-state index >= 15 is 0 Å². The number of alkyl halides is 1. The van der Waals surface area contributed by atoms with E-state index in [-0.39, 0.29) is 17.6 Å². The van der Waals surface area contributed by atoms with Gasteiger partial charge in [0, 0.05) is 19.0 Å². The lowest BCUT2D eigenvalue weighted by Crippen LogP contribution is -2.39. The smallest absolute Gasteiger partial charge is 0.418 e. The topological polar surface area (TPSA) is 55.8 Å². The number of ether oxygens (including phenoxy) is 2. The third-order valence-electron chi connectivity index (χ3n) is 3.47. The Kier molecular flexibility index (Phi) is 3.87. The predicted molar refractivity (Wildman–Crippen MR) is 80.9 cm³/mol. The highest BCUT2D eigenvalue weighted by Gasteiger charge is 2.36. The number of carbonyl (C=O) groups is 2. The Morgan fingerprint density at radius 1 is 1.32 bits per heavy atom. The lowest BCUT2D eigenvalue weighted by atomic mass is 10.1. The van der Waals surface area contributed by atoms with E-state index in [1.807, 2.05) is 9.24 Å². The van der Waals surface area contributed by atoms with Crippen molar-refractivity contribution in [3.8, 4) is 11.5 Å². The molecule has 0 aromatic heterocycles. The lowest BCUT2D eigenvalue weighted by Gasteiger charge is -2.23. The molecule has 2 aliphatic heterocycles. The number of imide groups is 1. The van der Waals surface area contributed by atoms with Crippen LogP contribution >= 0.6 is 9.24 Å². The van der Waals surface area contributed by atoms with Gasteiger partial charge in [0.15, 0.2) is 11.5 Å². The van der Waals surface area contributed by atoms with Crippen LogP contribution in [-0.4, -0.2) is 29.0 Å². The molecule has 0 radical (unpaired) electrons. The molecule has 2 heterocycles. The molecule has 2 atom stereocenters. The number of rotatable bonds is 2. The summed E-state index contributed by atoms with van der Waals surface area (Å²) in [6.07, 6.45) is 4.98. The van der Waals surface area contributed by atoms with Gasteiger partial charge in [0.25, 0.3) is 5.91 Å². The van der Waals surface area contributed by atoms with E-state index in [2.05, 4.69) is 0 Å². The van der Waals surface area contributed by atoms with Crippen molar-refractivity contribution in [3.63, 3.8) is 0 Å². The number of amides is 2. The van der Waals surface area contributed by atoms with Crippen molar-refractivity contribution in [2.75, 3.05) is 6.54 Å². The standard InChI is InChI=1S/C15H15FNO4P/c16-15(22)20-11-6-4-10(9-12(11)21-15)5-7-14(19)17-8-2-1-3-13(17)18/h4-7,9H,1-3,8,22H2/b7-5+. The average molecular weight is 323 g/mol. The van der Waals surface area contributed by atoms with Gasteiger partial charge in [-0.15, -0.1) is 0 Å². The van der Waals surface area contributed by atoms with E-state index in [1.54, 1.807) is 24.3 Å². The van der Waals surface area contributed by atoms with Crippen molar-refractivity contribution >= 4 is 27.1 Å². The molecule has 1 saturated heterocycles. The maximum atomic E-state index is 13.5. The third kappa shape index (κ3) is 3.12. The molecule has 5 nitrogen and oxygen atoms in total. The Labute approximate surface area is 129 Å². The summed E-state index contributed by atoms with van der Waals surface area (Å²) in [5.41, 5.74) is 0.655. The van der Waals surface area contributed by atoms with Crippen molar-refractivity contribution in [1.29, 1.82) is 0 Å². The number of benzene rings is 1. The SMILES string of the molecule is O=C(/C=C/c1ccc2c(c1)OC(F)(P)O2)N1CCCCC1=O. The molecule has 1 aromatic rings. The minimum Gasteiger partial charge on any atom is -0.420 e. The fraction of sp³-hybridized carbons (Fsp3) is 0.333. The van der Waals surface area contributed by atoms with Gasteiger partial charge in [-0.25, -0.2) is 0 Å². The summed E-state index contributed by atoms with van der Waals surface area (Å²) >= 11 is 0. The van der Waals surface area contributed by atoms with Gasteiger partial charge in [0.05, 0.1) is 0 Å². The van der Waals surface area contributed by atoms with Gasteiger partial charge in [-0.3, -0.25) is 14.5 Å². The fourth-order valence-corrected chi connectivity index (χ4v) is 2.66. The molecule has 2 aliphatic rings. The number of hydrogen-bond donors (Lipinski definition) is 0. The van der Waals surface area contributed by atoms with E-state index in [0.717, 1.165) is 12.8 Å². The van der Waals surface area contributed by atoms with Crippen LogP contribution < -0.4 is 9.47 Å². The first-order valence-corrected chi connectivity index (χ1v) is 7.55. The molecule has 2 unspecified atom stereocenters. The number of piperidine rings is 1. The minimum absolute atomic E-state index is 0.142. The normalized spacial score (nSPS) is 24.1. The second kappa shape index (κ2) is 5.69. The fourth-order valence-electron chi connectivity index (χ4n) is 2.41. The Morgan fingerprint density at radius 2 is 2.09 bits per heavy atom. The van der Waals surface area contributed by atoms with E-state index in [9.17, 15) is 14.0 Å². The van der Waals surface area contributed by atoms with Crippen LogP contribution in [0.25, 0.3) is 6.08 Å². The Hall–Kier alpha value is -1.94. The number of fused-ring (bicyclic) bond motifs is 1. The molecule has 0 bridgehead atoms. The van der Waals surface area contributed by atoms with Gasteiger partial charge in [-0.2, -0.15) is 4.39 Å². The third-order valence-corrected chi connectivity index (χ3v) is 3.71. The predicted octanol–water partition coefficient (Wildman–Crippen LogP) is 2.47. The van der Waals surface area contributed by atoms with Crippen molar-refractivity contribution in [2.45, 2.75) is 25.0 Å². The van der Waals surface area contributed by atoms with Crippen LogP contribution in [0.3, 0.4) is 0 Å². The van der Waals surface area contributed by atoms with Gasteiger partial charge in [-0.05, 0) is 45.9 Å². The molecule has 3 rings (SSSR count). The summed E-state index contributed by atoms with van der Waals surface area (Å²) in [5.74, 6) is -2.17. The van der Waals surface area contributed by atoms with Crippen LogP contribution in [0.15, 0.2) is 24.3 Å². The quantitative estimate of drug-likeness (QED) is 0.620. The first-order chi connectivity index (χ1) is 10.4. The zero-order chi connectivity index (χ0) is 15.7. The van der Waals surface area contributed by atoms with Crippen LogP contribution in [0.2, 0.25) is 0 Å². The molecule has 2 amide bonds. The van der Waals surface area contributed by atoms with E-state index in [1.165, 1.54) is 11.0 Å². The van der Waals surface area contributed by atoms with Gasteiger partial charge in [0.1, 0.15) is 0 Å². The minimum atomic E-state index is -2.25. The summed E-state index contributed by atoms with van der Waals surface area (Å²) in [6.45, 7) is 0.459. The first kappa shape index (κ1) is 15.0. The molecule has 0 aliphatic carbocycles. The monoisotopic (exact) mass is 323 g/mol. The maximum absolute atomic E-state index is 13.5. The van der Waals surface area contributed by atoms with Gasteiger partial charge < -0.3 is 9.47 Å². The Balaban J connectivity index is 1.71. The number of carbonyl (C=O) groups excluding carboxylic acids is 2. The molecular formula is C15H15FNO4P. The second-order valence-corrected chi connectivity index (χ2v) is 5.86. The van der Waals surface area contributed by atoms with Crippen LogP contribution in [0.5, 0.6) is 11.5 Å². The first-order valence-electron chi connectivity index (χ1n) is 6.97. The highest BCUT2D eigenvalue weighted by Crippen LogP contribution is 2.43. The van der Waals surface area contributed by atoms with E-state index < -0.39 is 5.78 Å². The summed E-state index contributed by atoms with van der Waals surface area (Å²) in [4.78, 5) is 24.9. The van der Waals surface area contributed by atoms with Crippen molar-refractivity contribution in [3.05, 3.63) is 29.8 Å². The van der Waals surface area contributed by atoms with Crippen LogP contribution in [-0.2, 0) is 9.59 Å². The van der Waals surface area contributed by atoms with Gasteiger partial charge in [0.2, 0.25) is 5.91 Å². The summed E-state index contributed by atoms with van der Waals surface area (Å²) in [7, 11) is 1.83. The largest absolute Gasteiger partial charge is 0.420 e. The zero-order valence-corrected chi connectivity index (χ0v) is 12.9. The number of nitrogens with zero attached hydrogens (tertiary/aromatic N) is 1. The summed E-state index contributed by atoms with van der Waals surface area (Å²) in [6, 6.07) is 4.81. The molecule has 0 spiro atoms. The van der Waals surface area contributed by atoms with E-state index in [0.29, 0.717) is 24.3 Å². The number of hydrogen-bond acceptors (Lipinski definition) is 4. The van der Waals surface area contributed by atoms with Crippen molar-refractivity contribution in [1.82, 2.24) is 4.90 Å². The Morgan fingerprint density at radius 3 is 2.86 bits per heavy atom. The summed E-state index contributed by atoms with van der Waals surface area (Å²) < 4.78 is 23.4. The molecule has 0 N–H and O–H groups in total. The zero-order valence-electron chi connectivity index (χ0n) is 11.8. The van der Waals surface area contributed by atoms with Crippen LogP contribution in [0, 0.1) is 0 Å². The molecular weight excluding hydrogens is 308 g/mol. The second-order valence-electron chi connectivity index (χ2n) is 5.17. The molecule has 22 heavy (non-hydrogen) atoms. The van der Waals surface area contributed by atoms with Gasteiger partial charge in [-0.1, -0.05) is 6.07 Å². The molecule has 7 heteroatoms. The van der Waals surface area contributed by atoms with Crippen molar-refractivity contribution in [2.24, 2.45) is 0 Å². The van der Waals surface area contributed by atoms with Crippen molar-refractivity contribution < 1.29 is 23.5 Å². The molecule has 1 fully saturated rings. The average Bonchev–Trinajstić information content (AvgIpc) is 2.78. The van der Waals surface area contributed by atoms with Gasteiger partial charge >= 0.3 is 5.78 Å². The van der Waals surface area contributed by atoms with Crippen LogP contribution in [0.4, 0.5) is 4.39 Å². The highest BCUT2D eigenvalue weighted by atomic mass is 31.0. The highest BCUT2D eigenvalue weighted by molar-refractivity contribution is 7.18. The lowest BCUT2D eigenvalue weighted by molar-refractivity contribution is -0.143. The maximum Gasteiger partial charge on any atom is 0.418 e. The van der Waals surface area contributed by atoms with E-state index in [4.69, 9.17) is 9.47 Å². The Bertz CT molecular complexity index is 659. The molecule has 0 saturated carbocycles. The number of halogens is 1.